The van der Waals surface area contributed by atoms with Crippen molar-refractivity contribution in [2.24, 2.45) is 0 Å². The van der Waals surface area contributed by atoms with E-state index in [9.17, 15) is 5.11 Å². The smallest absolute Gasteiger partial charge is 0.120 e. The molecule has 96 valence electrons. The van der Waals surface area contributed by atoms with Crippen LogP contribution < -0.4 is 0 Å². The molecular formula is C14H23NO2. The molecule has 1 aromatic rings. The number of benzene rings is 1. The second-order valence-corrected chi connectivity index (χ2v) is 4.71. The number of hydrogen-bond donors (Lipinski definition) is 1. The minimum atomic E-state index is 0.167. The van der Waals surface area contributed by atoms with Gasteiger partial charge in [-0.1, -0.05) is 12.1 Å². The Morgan fingerprint density at radius 2 is 2.00 bits per heavy atom. The second kappa shape index (κ2) is 6.03. The highest BCUT2D eigenvalue weighted by atomic mass is 16.5. The Morgan fingerprint density at radius 1 is 1.35 bits per heavy atom. The molecule has 3 nitrogen and oxygen atoms in total. The summed E-state index contributed by atoms with van der Waals surface area (Å²) in [6.45, 7) is 6.88. The van der Waals surface area contributed by atoms with Crippen LogP contribution in [-0.2, 0) is 4.74 Å². The van der Waals surface area contributed by atoms with Gasteiger partial charge >= 0.3 is 0 Å². The van der Waals surface area contributed by atoms with E-state index in [0.717, 1.165) is 11.1 Å². The molecule has 0 aliphatic carbocycles. The van der Waals surface area contributed by atoms with Gasteiger partial charge in [0, 0.05) is 24.8 Å². The molecule has 0 radical (unpaired) electrons. The Bertz CT molecular complexity index is 365. The van der Waals surface area contributed by atoms with Gasteiger partial charge in [0.2, 0.25) is 0 Å². The fraction of sp³-hybridized carbons (Fsp3) is 0.571. The van der Waals surface area contributed by atoms with Gasteiger partial charge in [0.25, 0.3) is 0 Å². The molecule has 0 aromatic heterocycles. The molecule has 0 aliphatic rings. The van der Waals surface area contributed by atoms with Gasteiger partial charge in [-0.2, -0.15) is 0 Å². The van der Waals surface area contributed by atoms with Crippen molar-refractivity contribution >= 4 is 0 Å². The summed E-state index contributed by atoms with van der Waals surface area (Å²) in [4.78, 5) is 2.20. The van der Waals surface area contributed by atoms with Crippen LogP contribution in [0.3, 0.4) is 0 Å². The number of rotatable bonds is 5. The molecule has 0 saturated heterocycles. The van der Waals surface area contributed by atoms with Gasteiger partial charge < -0.3 is 9.84 Å². The average molecular weight is 237 g/mol. The zero-order chi connectivity index (χ0) is 13.0. The monoisotopic (exact) mass is 237 g/mol. The first-order valence-electron chi connectivity index (χ1n) is 5.97. The predicted molar refractivity (Wildman–Crippen MR) is 70.4 cm³/mol. The summed E-state index contributed by atoms with van der Waals surface area (Å²) < 4.78 is 5.16. The highest BCUT2D eigenvalue weighted by Crippen LogP contribution is 2.29. The highest BCUT2D eigenvalue weighted by molar-refractivity contribution is 5.37. The largest absolute Gasteiger partial charge is 0.508 e. The number of nitrogens with zero attached hydrogens (tertiary/aromatic N) is 1. The van der Waals surface area contributed by atoms with Crippen molar-refractivity contribution < 1.29 is 9.84 Å². The van der Waals surface area contributed by atoms with Crippen molar-refractivity contribution in [3.05, 3.63) is 29.3 Å². The fourth-order valence-electron chi connectivity index (χ4n) is 1.97. The Labute approximate surface area is 104 Å². The molecule has 0 saturated carbocycles. The van der Waals surface area contributed by atoms with E-state index in [1.165, 1.54) is 0 Å². The third-order valence-electron chi connectivity index (χ3n) is 3.35. The number of methoxy groups -OCH3 is 1. The maximum atomic E-state index is 9.96. The van der Waals surface area contributed by atoms with Crippen LogP contribution in [0.5, 0.6) is 5.75 Å². The van der Waals surface area contributed by atoms with Crippen molar-refractivity contribution in [1.82, 2.24) is 4.90 Å². The van der Waals surface area contributed by atoms with Gasteiger partial charge in [-0.15, -0.1) is 0 Å². The number of phenols is 1. The van der Waals surface area contributed by atoms with E-state index in [0.29, 0.717) is 18.4 Å². The first-order valence-corrected chi connectivity index (χ1v) is 5.97. The summed E-state index contributed by atoms with van der Waals surface area (Å²) in [6, 6.07) is 6.31. The molecule has 0 bridgehead atoms. The lowest BCUT2D eigenvalue weighted by Gasteiger charge is -2.31. The molecule has 2 unspecified atom stereocenters. The number of aromatic hydroxyl groups is 1. The SMILES string of the molecule is COCC(C)N(C)C(C)c1ccc(C)cc1O. The van der Waals surface area contributed by atoms with Crippen molar-refractivity contribution in [3.8, 4) is 5.75 Å². The third kappa shape index (κ3) is 3.45. The van der Waals surface area contributed by atoms with Crippen molar-refractivity contribution in [3.63, 3.8) is 0 Å². The van der Waals surface area contributed by atoms with Crippen LogP contribution in [0.25, 0.3) is 0 Å². The van der Waals surface area contributed by atoms with Gasteiger partial charge in [0.1, 0.15) is 5.75 Å². The summed E-state index contributed by atoms with van der Waals surface area (Å²) in [5.74, 6) is 0.369. The minimum absolute atomic E-state index is 0.167. The molecule has 1 N–H and O–H groups in total. The summed E-state index contributed by atoms with van der Waals surface area (Å²) in [7, 11) is 3.76. The number of aryl methyl sites for hydroxylation is 1. The lowest BCUT2D eigenvalue weighted by Crippen LogP contribution is -2.34. The Kier molecular flexibility index (Phi) is 4.97. The van der Waals surface area contributed by atoms with Gasteiger partial charge in [-0.25, -0.2) is 0 Å². The van der Waals surface area contributed by atoms with E-state index < -0.39 is 0 Å². The molecule has 3 heteroatoms. The number of ether oxygens (including phenoxy) is 1. The van der Waals surface area contributed by atoms with E-state index in [1.54, 1.807) is 13.2 Å². The molecule has 1 rings (SSSR count). The standard InChI is InChI=1S/C14H23NO2/c1-10-6-7-13(14(16)8-10)12(3)15(4)11(2)9-17-5/h6-8,11-12,16H,9H2,1-5H3. The van der Waals surface area contributed by atoms with Crippen LogP contribution in [0.15, 0.2) is 18.2 Å². The third-order valence-corrected chi connectivity index (χ3v) is 3.35. The van der Waals surface area contributed by atoms with Crippen LogP contribution in [0.1, 0.15) is 31.0 Å². The Morgan fingerprint density at radius 3 is 2.53 bits per heavy atom. The normalized spacial score (nSPS) is 14.9. The molecule has 1 aromatic carbocycles. The first kappa shape index (κ1) is 14.0. The van der Waals surface area contributed by atoms with Crippen molar-refractivity contribution in [2.75, 3.05) is 20.8 Å². The van der Waals surface area contributed by atoms with E-state index in [-0.39, 0.29) is 6.04 Å². The van der Waals surface area contributed by atoms with Crippen molar-refractivity contribution in [1.29, 1.82) is 0 Å². The van der Waals surface area contributed by atoms with Gasteiger partial charge in [-0.05, 0) is 39.4 Å². The zero-order valence-corrected chi connectivity index (χ0v) is 11.4. The van der Waals surface area contributed by atoms with Gasteiger partial charge in [-0.3, -0.25) is 4.90 Å². The van der Waals surface area contributed by atoms with Gasteiger partial charge in [0.15, 0.2) is 0 Å². The van der Waals surface area contributed by atoms with Crippen LogP contribution in [0, 0.1) is 6.92 Å². The molecule has 0 heterocycles. The number of hydrogen-bond acceptors (Lipinski definition) is 3. The van der Waals surface area contributed by atoms with E-state index in [2.05, 4.69) is 18.7 Å². The quantitative estimate of drug-likeness (QED) is 0.854. The predicted octanol–water partition coefficient (Wildman–Crippen LogP) is 2.73. The van der Waals surface area contributed by atoms with Crippen LogP contribution >= 0.6 is 0 Å². The average Bonchev–Trinajstić information content (AvgIpc) is 2.27. The topological polar surface area (TPSA) is 32.7 Å². The molecule has 0 amide bonds. The maximum absolute atomic E-state index is 9.96. The van der Waals surface area contributed by atoms with Crippen LogP contribution in [0.2, 0.25) is 0 Å². The summed E-state index contributed by atoms with van der Waals surface area (Å²) >= 11 is 0. The highest BCUT2D eigenvalue weighted by Gasteiger charge is 2.19. The fourth-order valence-corrected chi connectivity index (χ4v) is 1.97. The minimum Gasteiger partial charge on any atom is -0.508 e. The Balaban J connectivity index is 2.84. The lowest BCUT2D eigenvalue weighted by molar-refractivity contribution is 0.0932. The molecular weight excluding hydrogens is 214 g/mol. The zero-order valence-electron chi connectivity index (χ0n) is 11.4. The molecule has 0 aliphatic heterocycles. The van der Waals surface area contributed by atoms with Gasteiger partial charge in [0.05, 0.1) is 6.61 Å². The summed E-state index contributed by atoms with van der Waals surface area (Å²) in [5, 5.41) is 9.96. The number of likely N-dealkylation sites (N-methyl/N-ethyl adjacent to an activating group) is 1. The second-order valence-electron chi connectivity index (χ2n) is 4.71. The molecule has 2 atom stereocenters. The van der Waals surface area contributed by atoms with E-state index >= 15 is 0 Å². The van der Waals surface area contributed by atoms with Crippen molar-refractivity contribution in [2.45, 2.75) is 32.9 Å². The molecule has 0 fully saturated rings. The lowest BCUT2D eigenvalue weighted by atomic mass is 10.0. The van der Waals surface area contributed by atoms with E-state index in [4.69, 9.17) is 4.74 Å². The van der Waals surface area contributed by atoms with E-state index in [1.807, 2.05) is 26.1 Å². The first-order chi connectivity index (χ1) is 7.97. The molecule has 0 spiro atoms. The number of phenolic OH excluding ortho intramolecular Hbond substituents is 1. The van der Waals surface area contributed by atoms with Crippen LogP contribution in [0.4, 0.5) is 0 Å². The maximum Gasteiger partial charge on any atom is 0.120 e. The van der Waals surface area contributed by atoms with Crippen LogP contribution in [-0.4, -0.2) is 36.8 Å². The summed E-state index contributed by atoms with van der Waals surface area (Å²) in [6.07, 6.45) is 0. The summed E-state index contributed by atoms with van der Waals surface area (Å²) in [5.41, 5.74) is 2.03. The molecule has 17 heavy (non-hydrogen) atoms. The Hall–Kier alpha value is -1.06.